The molecule has 0 fully saturated rings. The molecule has 0 aliphatic rings. The lowest BCUT2D eigenvalue weighted by Crippen LogP contribution is -2.22. The molecule has 0 saturated heterocycles. The van der Waals surface area contributed by atoms with E-state index in [2.05, 4.69) is 20.8 Å². The van der Waals surface area contributed by atoms with Crippen molar-refractivity contribution < 1.29 is 13.9 Å². The van der Waals surface area contributed by atoms with E-state index in [0.717, 1.165) is 28.5 Å². The van der Waals surface area contributed by atoms with Gasteiger partial charge in [0.1, 0.15) is 17.3 Å². The van der Waals surface area contributed by atoms with E-state index in [-0.39, 0.29) is 5.91 Å². The molecule has 7 heteroatoms. The van der Waals surface area contributed by atoms with Crippen molar-refractivity contribution in [2.45, 2.75) is 13.5 Å². The number of carbonyl (C=O) groups excluding carboxylic acids is 1. The number of nitrogens with one attached hydrogen (secondary N) is 2. The second-order valence-corrected chi connectivity index (χ2v) is 6.93. The summed E-state index contributed by atoms with van der Waals surface area (Å²) in [5.41, 5.74) is 2.99. The lowest BCUT2D eigenvalue weighted by molar-refractivity contribution is 0.0948. The van der Waals surface area contributed by atoms with Crippen molar-refractivity contribution in [1.29, 1.82) is 0 Å². The number of nitrogens with zero attached hydrogens (tertiary/aromatic N) is 2. The predicted octanol–water partition coefficient (Wildman–Crippen LogP) is 4.73. The molecule has 31 heavy (non-hydrogen) atoms. The average molecular weight is 414 g/mol. The molecule has 0 aliphatic heterocycles. The summed E-state index contributed by atoms with van der Waals surface area (Å²) in [5, 5.41) is 14.6. The van der Waals surface area contributed by atoms with Crippen molar-refractivity contribution >= 4 is 17.4 Å². The molecule has 0 saturated carbocycles. The Kier molecular flexibility index (Phi) is 5.93. The summed E-state index contributed by atoms with van der Waals surface area (Å²) in [6, 6.07) is 22.3. The number of aromatic nitrogens is 2. The van der Waals surface area contributed by atoms with Crippen LogP contribution in [0.15, 0.2) is 77.2 Å². The largest absolute Gasteiger partial charge is 0.497 e. The van der Waals surface area contributed by atoms with Gasteiger partial charge in [-0.3, -0.25) is 4.79 Å². The molecule has 2 N–H and O–H groups in total. The van der Waals surface area contributed by atoms with Gasteiger partial charge in [-0.25, -0.2) is 0 Å². The first-order chi connectivity index (χ1) is 15.1. The number of rotatable bonds is 7. The van der Waals surface area contributed by atoms with Crippen LogP contribution in [0.25, 0.3) is 11.3 Å². The van der Waals surface area contributed by atoms with E-state index < -0.39 is 0 Å². The number of methoxy groups -OCH3 is 1. The Morgan fingerprint density at radius 2 is 1.84 bits per heavy atom. The Bertz CT molecular complexity index is 1170. The number of anilines is 2. The van der Waals surface area contributed by atoms with Crippen LogP contribution in [0.5, 0.6) is 5.75 Å². The SMILES string of the molecule is COc1ccc(-c2ccc(Nc3cccc(C(=O)NCc4ccc(C)o4)c3)nn2)cc1. The fourth-order valence-corrected chi connectivity index (χ4v) is 3.05. The zero-order chi connectivity index (χ0) is 21.6. The zero-order valence-electron chi connectivity index (χ0n) is 17.3. The summed E-state index contributed by atoms with van der Waals surface area (Å²) in [6.45, 7) is 2.20. The predicted molar refractivity (Wildman–Crippen MR) is 118 cm³/mol. The van der Waals surface area contributed by atoms with Gasteiger partial charge in [-0.2, -0.15) is 0 Å². The van der Waals surface area contributed by atoms with E-state index >= 15 is 0 Å². The van der Waals surface area contributed by atoms with Crippen molar-refractivity contribution in [3.05, 3.63) is 89.9 Å². The van der Waals surface area contributed by atoms with Gasteiger partial charge in [0, 0.05) is 16.8 Å². The van der Waals surface area contributed by atoms with E-state index in [0.29, 0.717) is 23.7 Å². The number of aryl methyl sites for hydroxylation is 1. The Hall–Kier alpha value is -4.13. The molecule has 7 nitrogen and oxygen atoms in total. The van der Waals surface area contributed by atoms with Crippen molar-refractivity contribution in [2.24, 2.45) is 0 Å². The van der Waals surface area contributed by atoms with Gasteiger partial charge in [0.05, 0.1) is 19.3 Å². The van der Waals surface area contributed by atoms with Crippen LogP contribution in [0, 0.1) is 6.92 Å². The lowest BCUT2D eigenvalue weighted by Gasteiger charge is -2.08. The Morgan fingerprint density at radius 3 is 2.52 bits per heavy atom. The molecule has 156 valence electrons. The molecule has 0 radical (unpaired) electrons. The van der Waals surface area contributed by atoms with Gasteiger partial charge in [0.25, 0.3) is 5.91 Å². The third-order valence-corrected chi connectivity index (χ3v) is 4.67. The Labute approximate surface area is 180 Å². The molecule has 4 rings (SSSR count). The molecule has 4 aromatic rings. The molecule has 0 spiro atoms. The van der Waals surface area contributed by atoms with Crippen LogP contribution in [-0.4, -0.2) is 23.2 Å². The van der Waals surface area contributed by atoms with Crippen LogP contribution in [-0.2, 0) is 6.54 Å². The van der Waals surface area contributed by atoms with Gasteiger partial charge in [-0.05, 0) is 73.7 Å². The molecule has 0 unspecified atom stereocenters. The number of amides is 1. The number of ether oxygens (including phenoxy) is 1. The van der Waals surface area contributed by atoms with E-state index in [1.807, 2.05) is 67.6 Å². The van der Waals surface area contributed by atoms with Gasteiger partial charge in [-0.1, -0.05) is 6.07 Å². The van der Waals surface area contributed by atoms with E-state index in [1.54, 1.807) is 19.2 Å². The summed E-state index contributed by atoms with van der Waals surface area (Å²) in [7, 11) is 1.63. The summed E-state index contributed by atoms with van der Waals surface area (Å²) in [4.78, 5) is 12.5. The summed E-state index contributed by atoms with van der Waals surface area (Å²) in [6.07, 6.45) is 0. The quantitative estimate of drug-likeness (QED) is 0.455. The molecule has 2 aromatic carbocycles. The van der Waals surface area contributed by atoms with Gasteiger partial charge >= 0.3 is 0 Å². The second kappa shape index (κ2) is 9.13. The van der Waals surface area contributed by atoms with E-state index in [4.69, 9.17) is 9.15 Å². The van der Waals surface area contributed by atoms with Crippen LogP contribution in [0.4, 0.5) is 11.5 Å². The van der Waals surface area contributed by atoms with Crippen molar-refractivity contribution in [3.63, 3.8) is 0 Å². The van der Waals surface area contributed by atoms with Crippen LogP contribution in [0.2, 0.25) is 0 Å². The summed E-state index contributed by atoms with van der Waals surface area (Å²) < 4.78 is 10.7. The minimum Gasteiger partial charge on any atom is -0.497 e. The maximum absolute atomic E-state index is 12.5. The third-order valence-electron chi connectivity index (χ3n) is 4.67. The third kappa shape index (κ3) is 5.08. The first-order valence-corrected chi connectivity index (χ1v) is 9.79. The topological polar surface area (TPSA) is 89.3 Å². The average Bonchev–Trinajstić information content (AvgIpc) is 3.23. The number of hydrogen-bond acceptors (Lipinski definition) is 6. The molecular weight excluding hydrogens is 392 g/mol. The fraction of sp³-hybridized carbons (Fsp3) is 0.125. The maximum Gasteiger partial charge on any atom is 0.251 e. The number of benzene rings is 2. The molecule has 2 aromatic heterocycles. The molecular formula is C24H22N4O3. The van der Waals surface area contributed by atoms with Crippen LogP contribution >= 0.6 is 0 Å². The van der Waals surface area contributed by atoms with Crippen molar-refractivity contribution in [2.75, 3.05) is 12.4 Å². The highest BCUT2D eigenvalue weighted by Crippen LogP contribution is 2.22. The van der Waals surface area contributed by atoms with E-state index in [1.165, 1.54) is 0 Å². The van der Waals surface area contributed by atoms with Gasteiger partial charge in [0.15, 0.2) is 5.82 Å². The van der Waals surface area contributed by atoms with Gasteiger partial charge in [0.2, 0.25) is 0 Å². The molecule has 0 aliphatic carbocycles. The normalized spacial score (nSPS) is 10.5. The smallest absolute Gasteiger partial charge is 0.251 e. The Morgan fingerprint density at radius 1 is 1.00 bits per heavy atom. The van der Waals surface area contributed by atoms with Gasteiger partial charge in [-0.15, -0.1) is 10.2 Å². The lowest BCUT2D eigenvalue weighted by atomic mass is 10.1. The van der Waals surface area contributed by atoms with E-state index in [9.17, 15) is 4.79 Å². The molecule has 0 bridgehead atoms. The molecule has 2 heterocycles. The number of hydrogen-bond donors (Lipinski definition) is 2. The summed E-state index contributed by atoms with van der Waals surface area (Å²) >= 11 is 0. The van der Waals surface area contributed by atoms with Crippen LogP contribution < -0.4 is 15.4 Å². The highest BCUT2D eigenvalue weighted by atomic mass is 16.5. The minimum absolute atomic E-state index is 0.182. The first kappa shape index (κ1) is 20.2. The standard InChI is InChI=1S/C24H22N4O3/c1-16-6-9-21(31-16)15-25-24(29)18-4-3-5-19(14-18)26-23-13-12-22(27-28-23)17-7-10-20(30-2)11-8-17/h3-14H,15H2,1-2H3,(H,25,29)(H,26,28). The minimum atomic E-state index is -0.182. The number of furan rings is 1. The molecule has 1 amide bonds. The van der Waals surface area contributed by atoms with Crippen LogP contribution in [0.1, 0.15) is 21.9 Å². The monoisotopic (exact) mass is 414 g/mol. The highest BCUT2D eigenvalue weighted by molar-refractivity contribution is 5.95. The van der Waals surface area contributed by atoms with Crippen molar-refractivity contribution in [1.82, 2.24) is 15.5 Å². The highest BCUT2D eigenvalue weighted by Gasteiger charge is 2.08. The Balaban J connectivity index is 1.40. The van der Waals surface area contributed by atoms with Crippen LogP contribution in [0.3, 0.4) is 0 Å². The molecule has 0 atom stereocenters. The zero-order valence-corrected chi connectivity index (χ0v) is 17.3. The summed E-state index contributed by atoms with van der Waals surface area (Å²) in [5.74, 6) is 2.72. The fourth-order valence-electron chi connectivity index (χ4n) is 3.05. The maximum atomic E-state index is 12.5. The first-order valence-electron chi connectivity index (χ1n) is 9.79. The van der Waals surface area contributed by atoms with Gasteiger partial charge < -0.3 is 19.8 Å². The number of carbonyl (C=O) groups is 1. The van der Waals surface area contributed by atoms with Crippen molar-refractivity contribution in [3.8, 4) is 17.0 Å². The second-order valence-electron chi connectivity index (χ2n) is 6.93.